The summed E-state index contributed by atoms with van der Waals surface area (Å²) in [7, 11) is 0. The van der Waals surface area contributed by atoms with Crippen LogP contribution in [0.25, 0.3) is 10.9 Å². The van der Waals surface area contributed by atoms with Crippen molar-refractivity contribution in [1.82, 2.24) is 9.97 Å². The molecule has 1 aliphatic rings. The van der Waals surface area contributed by atoms with Gasteiger partial charge in [0, 0.05) is 30.9 Å². The topological polar surface area (TPSA) is 86.5 Å². The van der Waals surface area contributed by atoms with Crippen LogP contribution in [0.15, 0.2) is 30.6 Å². The maximum Gasteiger partial charge on any atom is 0.314 e. The summed E-state index contributed by atoms with van der Waals surface area (Å²) >= 11 is 0. The van der Waals surface area contributed by atoms with Crippen LogP contribution in [0.2, 0.25) is 0 Å². The molecule has 2 N–H and O–H groups in total. The summed E-state index contributed by atoms with van der Waals surface area (Å²) in [5, 5.41) is 21.4. The highest BCUT2D eigenvalue weighted by atomic mass is 16.4. The van der Waals surface area contributed by atoms with Gasteiger partial charge in [0.25, 0.3) is 0 Å². The molecular formula is C19H25N3O3. The molecule has 0 amide bonds. The lowest BCUT2D eigenvalue weighted by Gasteiger charge is -2.44. The highest BCUT2D eigenvalue weighted by Gasteiger charge is 2.49. The summed E-state index contributed by atoms with van der Waals surface area (Å²) in [6.07, 6.45) is 4.24. The van der Waals surface area contributed by atoms with Crippen molar-refractivity contribution in [2.75, 3.05) is 18.0 Å². The number of aliphatic hydroxyl groups is 1. The summed E-state index contributed by atoms with van der Waals surface area (Å²) in [6, 6.07) is 5.66. The number of carboxylic acids is 1. The predicted octanol–water partition coefficient (Wildman–Crippen LogP) is 2.71. The number of nitrogens with zero attached hydrogens (tertiary/aromatic N) is 3. The molecule has 2 atom stereocenters. The number of carboxylic acid groups (broad SMARTS) is 1. The zero-order chi connectivity index (χ0) is 18.0. The fourth-order valence-corrected chi connectivity index (χ4v) is 3.61. The van der Waals surface area contributed by atoms with Crippen LogP contribution in [-0.4, -0.2) is 45.3 Å². The molecule has 3 rings (SSSR count). The quantitative estimate of drug-likeness (QED) is 0.868. The Kier molecular flexibility index (Phi) is 4.90. The number of aliphatic carboxylic acids is 1. The van der Waals surface area contributed by atoms with E-state index in [2.05, 4.69) is 23.8 Å². The van der Waals surface area contributed by atoms with Crippen molar-refractivity contribution in [2.45, 2.75) is 39.2 Å². The van der Waals surface area contributed by atoms with E-state index in [0.29, 0.717) is 25.3 Å². The number of aromatic nitrogens is 2. The molecule has 134 valence electrons. The van der Waals surface area contributed by atoms with Gasteiger partial charge >= 0.3 is 5.97 Å². The second-order valence-electron chi connectivity index (χ2n) is 7.32. The maximum absolute atomic E-state index is 12.1. The Morgan fingerprint density at radius 1 is 1.36 bits per heavy atom. The average Bonchev–Trinajstić information content (AvgIpc) is 2.60. The highest BCUT2D eigenvalue weighted by molar-refractivity contribution is 5.89. The second-order valence-corrected chi connectivity index (χ2v) is 7.32. The van der Waals surface area contributed by atoms with Gasteiger partial charge in [-0.05, 0) is 43.4 Å². The normalized spacial score (nSPS) is 24.0. The van der Waals surface area contributed by atoms with Crippen molar-refractivity contribution in [3.05, 3.63) is 30.6 Å². The number of fused-ring (bicyclic) bond motifs is 1. The molecule has 25 heavy (non-hydrogen) atoms. The van der Waals surface area contributed by atoms with E-state index < -0.39 is 17.5 Å². The minimum absolute atomic E-state index is 0.261. The van der Waals surface area contributed by atoms with Gasteiger partial charge in [-0.15, -0.1) is 0 Å². The lowest BCUT2D eigenvalue weighted by Crippen LogP contribution is -2.56. The molecule has 2 aromatic rings. The molecular weight excluding hydrogens is 318 g/mol. The average molecular weight is 343 g/mol. The van der Waals surface area contributed by atoms with E-state index in [0.717, 1.165) is 23.1 Å². The van der Waals surface area contributed by atoms with E-state index in [1.165, 1.54) is 0 Å². The van der Waals surface area contributed by atoms with Gasteiger partial charge in [-0.25, -0.2) is 4.98 Å². The van der Waals surface area contributed by atoms with Crippen LogP contribution < -0.4 is 4.90 Å². The standard InChI is InChI=1S/C19H25N3O3/c1-13(2)5-8-19(18(24)25)12-22(11-7-16(19)23)17-14-4-3-9-20-15(14)6-10-21-17/h3-4,6,9-10,13,16,23H,5,7-8,11-12H2,1-2H3,(H,24,25)/t16-,19+/m0/s1. The lowest BCUT2D eigenvalue weighted by molar-refractivity contribution is -0.158. The third-order valence-electron chi connectivity index (χ3n) is 5.19. The molecule has 0 aromatic carbocycles. The zero-order valence-electron chi connectivity index (χ0n) is 14.7. The number of pyridine rings is 2. The third-order valence-corrected chi connectivity index (χ3v) is 5.19. The Bertz CT molecular complexity index is 759. The first kappa shape index (κ1) is 17.6. The Morgan fingerprint density at radius 2 is 2.16 bits per heavy atom. The van der Waals surface area contributed by atoms with Crippen molar-refractivity contribution in [3.8, 4) is 0 Å². The first-order valence-electron chi connectivity index (χ1n) is 8.80. The second kappa shape index (κ2) is 6.96. The molecule has 1 saturated heterocycles. The number of aliphatic hydroxyl groups excluding tert-OH is 1. The molecule has 6 heteroatoms. The van der Waals surface area contributed by atoms with Crippen molar-refractivity contribution in [3.63, 3.8) is 0 Å². The highest BCUT2D eigenvalue weighted by Crippen LogP contribution is 2.39. The minimum Gasteiger partial charge on any atom is -0.481 e. The van der Waals surface area contributed by atoms with E-state index in [1.54, 1.807) is 12.4 Å². The SMILES string of the molecule is CC(C)CC[C@@]1(C(=O)O)CN(c2nccc3ncccc23)CC[C@@H]1O. The Morgan fingerprint density at radius 3 is 2.88 bits per heavy atom. The van der Waals surface area contributed by atoms with Crippen molar-refractivity contribution < 1.29 is 15.0 Å². The Hall–Kier alpha value is -2.21. The van der Waals surface area contributed by atoms with Gasteiger partial charge in [-0.2, -0.15) is 0 Å². The molecule has 3 heterocycles. The number of hydrogen-bond donors (Lipinski definition) is 2. The van der Waals surface area contributed by atoms with E-state index in [-0.39, 0.29) is 6.54 Å². The molecule has 1 fully saturated rings. The molecule has 1 aliphatic heterocycles. The van der Waals surface area contributed by atoms with Crippen LogP contribution in [0.3, 0.4) is 0 Å². The van der Waals surface area contributed by atoms with Gasteiger partial charge < -0.3 is 15.1 Å². The van der Waals surface area contributed by atoms with E-state index in [9.17, 15) is 15.0 Å². The van der Waals surface area contributed by atoms with Crippen LogP contribution in [0.1, 0.15) is 33.1 Å². The summed E-state index contributed by atoms with van der Waals surface area (Å²) in [5.74, 6) is 0.204. The Balaban J connectivity index is 1.97. The fraction of sp³-hybridized carbons (Fsp3) is 0.526. The summed E-state index contributed by atoms with van der Waals surface area (Å²) in [5.41, 5.74) is -0.323. The minimum atomic E-state index is -1.16. The zero-order valence-corrected chi connectivity index (χ0v) is 14.7. The van der Waals surface area contributed by atoms with Gasteiger partial charge in [0.05, 0.1) is 11.6 Å². The van der Waals surface area contributed by atoms with Crippen LogP contribution in [-0.2, 0) is 4.79 Å². The predicted molar refractivity (Wildman–Crippen MR) is 96.5 cm³/mol. The molecule has 0 radical (unpaired) electrons. The van der Waals surface area contributed by atoms with Crippen molar-refractivity contribution in [2.24, 2.45) is 11.3 Å². The van der Waals surface area contributed by atoms with Crippen LogP contribution in [0, 0.1) is 11.3 Å². The number of rotatable bonds is 5. The van der Waals surface area contributed by atoms with Crippen LogP contribution in [0.4, 0.5) is 5.82 Å². The van der Waals surface area contributed by atoms with Crippen molar-refractivity contribution >= 4 is 22.7 Å². The third kappa shape index (κ3) is 3.31. The van der Waals surface area contributed by atoms with Crippen molar-refractivity contribution in [1.29, 1.82) is 0 Å². The first-order valence-corrected chi connectivity index (χ1v) is 8.80. The molecule has 0 spiro atoms. The molecule has 0 aliphatic carbocycles. The summed E-state index contributed by atoms with van der Waals surface area (Å²) < 4.78 is 0. The summed E-state index contributed by atoms with van der Waals surface area (Å²) in [4.78, 5) is 22.9. The first-order chi connectivity index (χ1) is 11.9. The number of piperidine rings is 1. The molecule has 0 saturated carbocycles. The van der Waals surface area contributed by atoms with Gasteiger partial charge in [0.15, 0.2) is 0 Å². The molecule has 0 bridgehead atoms. The molecule has 0 unspecified atom stereocenters. The number of carbonyl (C=O) groups is 1. The van der Waals surface area contributed by atoms with Gasteiger partial charge in [-0.3, -0.25) is 9.78 Å². The van der Waals surface area contributed by atoms with Gasteiger partial charge in [0.1, 0.15) is 11.2 Å². The van der Waals surface area contributed by atoms with Gasteiger partial charge in [0.2, 0.25) is 0 Å². The van der Waals surface area contributed by atoms with Crippen LogP contribution >= 0.6 is 0 Å². The van der Waals surface area contributed by atoms with Gasteiger partial charge in [-0.1, -0.05) is 13.8 Å². The maximum atomic E-state index is 12.1. The largest absolute Gasteiger partial charge is 0.481 e. The molecule has 2 aromatic heterocycles. The molecule has 6 nitrogen and oxygen atoms in total. The summed E-state index contributed by atoms with van der Waals surface area (Å²) in [6.45, 7) is 4.98. The number of hydrogen-bond acceptors (Lipinski definition) is 5. The lowest BCUT2D eigenvalue weighted by atomic mass is 9.72. The smallest absolute Gasteiger partial charge is 0.314 e. The van der Waals surface area contributed by atoms with E-state index in [1.807, 2.05) is 23.1 Å². The monoisotopic (exact) mass is 343 g/mol. The fourth-order valence-electron chi connectivity index (χ4n) is 3.61. The van der Waals surface area contributed by atoms with E-state index >= 15 is 0 Å². The van der Waals surface area contributed by atoms with E-state index in [4.69, 9.17) is 0 Å². The Labute approximate surface area is 147 Å². The van der Waals surface area contributed by atoms with Crippen LogP contribution in [0.5, 0.6) is 0 Å². The number of anilines is 1.